The number of hydrogen-bond donors (Lipinski definition) is 1. The van der Waals surface area contributed by atoms with E-state index in [0.717, 1.165) is 44.9 Å². The molecule has 0 amide bonds. The van der Waals surface area contributed by atoms with Gasteiger partial charge in [-0.15, -0.1) is 0 Å². The second-order valence-corrected chi connectivity index (χ2v) is 9.44. The van der Waals surface area contributed by atoms with E-state index in [0.29, 0.717) is 17.4 Å². The van der Waals surface area contributed by atoms with Crippen LogP contribution >= 0.6 is 0 Å². The topological polar surface area (TPSA) is 20.2 Å². The molecule has 2 fully saturated rings. The lowest BCUT2D eigenvalue weighted by Crippen LogP contribution is -2.50. The number of aliphatic hydroxyl groups excluding tert-OH is 1. The lowest BCUT2D eigenvalue weighted by Gasteiger charge is -2.57. The van der Waals surface area contributed by atoms with Gasteiger partial charge in [-0.3, -0.25) is 0 Å². The molecule has 4 rings (SSSR count). The number of rotatable bonds is 1. The average molecular weight is 366 g/mol. The van der Waals surface area contributed by atoms with Crippen molar-refractivity contribution in [2.24, 2.45) is 28.6 Å². The number of alkyl halides is 3. The van der Waals surface area contributed by atoms with E-state index in [1.807, 2.05) is 13.0 Å². The third kappa shape index (κ3) is 2.47. The molecular formula is C22H29F3O. The number of fused-ring (bicyclic) bond motifs is 5. The molecule has 1 nitrogen and oxygen atoms in total. The molecule has 0 bridgehead atoms. The van der Waals surface area contributed by atoms with Crippen molar-refractivity contribution < 1.29 is 18.3 Å². The summed E-state index contributed by atoms with van der Waals surface area (Å²) in [6.07, 6.45) is 5.66. The number of aliphatic hydroxyl groups is 1. The Morgan fingerprint density at radius 2 is 1.77 bits per heavy atom. The minimum Gasteiger partial charge on any atom is -0.393 e. The average Bonchev–Trinajstić information content (AvgIpc) is 2.91. The second-order valence-electron chi connectivity index (χ2n) is 9.44. The van der Waals surface area contributed by atoms with Crippen molar-refractivity contribution >= 4 is 0 Å². The fraction of sp³-hybridized carbons (Fsp3) is 0.727. The summed E-state index contributed by atoms with van der Waals surface area (Å²) in [7, 11) is 0. The Kier molecular flexibility index (Phi) is 4.04. The smallest absolute Gasteiger partial charge is 0.393 e. The lowest BCUT2D eigenvalue weighted by atomic mass is 9.47. The second kappa shape index (κ2) is 5.73. The molecule has 0 aliphatic heterocycles. The maximum Gasteiger partial charge on any atom is 0.416 e. The Labute approximate surface area is 154 Å². The van der Waals surface area contributed by atoms with Gasteiger partial charge >= 0.3 is 6.18 Å². The van der Waals surface area contributed by atoms with Gasteiger partial charge < -0.3 is 5.11 Å². The van der Waals surface area contributed by atoms with Crippen LogP contribution in [0.4, 0.5) is 13.2 Å². The van der Waals surface area contributed by atoms with Crippen LogP contribution in [0, 0.1) is 28.6 Å². The predicted molar refractivity (Wildman–Crippen MR) is 96.4 cm³/mol. The molecule has 2 saturated carbocycles. The van der Waals surface area contributed by atoms with Gasteiger partial charge in [0.25, 0.3) is 0 Å². The summed E-state index contributed by atoms with van der Waals surface area (Å²) in [6, 6.07) is 0. The standard InChI is InChI=1S/C22H29F3O/c1-13(22(23,24)25)17-6-7-18-16-5-4-14-12-15(26)8-10-20(14,2)19(16)9-11-21(17,18)3/h4,6,15-16,18-19,26H,1,5,7-12H2,2-3H3/t15?,16?,18?,19?,20-,21+/m0/s1. The SMILES string of the molecule is C=C(C1=CCC2C3CC=C4CC(O)CC[C@]4(C)C3CC[C@]12C)C(F)(F)F. The van der Waals surface area contributed by atoms with Gasteiger partial charge in [0.2, 0.25) is 0 Å². The van der Waals surface area contributed by atoms with Crippen LogP contribution in [0.5, 0.6) is 0 Å². The Bertz CT molecular complexity index is 688. The van der Waals surface area contributed by atoms with Crippen molar-refractivity contribution in [3.05, 3.63) is 35.5 Å². The van der Waals surface area contributed by atoms with Crippen LogP contribution in [-0.4, -0.2) is 17.4 Å². The Morgan fingerprint density at radius 1 is 1.08 bits per heavy atom. The summed E-state index contributed by atoms with van der Waals surface area (Å²) >= 11 is 0. The van der Waals surface area contributed by atoms with Gasteiger partial charge in [-0.2, -0.15) is 13.2 Å². The molecular weight excluding hydrogens is 337 g/mol. The summed E-state index contributed by atoms with van der Waals surface area (Å²) in [5, 5.41) is 10.1. The molecule has 4 aliphatic rings. The monoisotopic (exact) mass is 366 g/mol. The zero-order chi connectivity index (χ0) is 18.9. The summed E-state index contributed by atoms with van der Waals surface area (Å²) in [4.78, 5) is 0. The molecule has 0 radical (unpaired) electrons. The Balaban J connectivity index is 1.64. The molecule has 4 unspecified atom stereocenters. The zero-order valence-corrected chi connectivity index (χ0v) is 15.7. The van der Waals surface area contributed by atoms with Gasteiger partial charge in [0, 0.05) is 0 Å². The first-order valence-corrected chi connectivity index (χ1v) is 9.92. The van der Waals surface area contributed by atoms with Gasteiger partial charge in [-0.1, -0.05) is 38.2 Å². The number of halogens is 3. The molecule has 0 spiro atoms. The van der Waals surface area contributed by atoms with Gasteiger partial charge in [-0.05, 0) is 79.1 Å². The van der Waals surface area contributed by atoms with Crippen LogP contribution < -0.4 is 0 Å². The highest BCUT2D eigenvalue weighted by atomic mass is 19.4. The third-order valence-corrected chi connectivity index (χ3v) is 8.33. The van der Waals surface area contributed by atoms with Crippen molar-refractivity contribution in [3.63, 3.8) is 0 Å². The van der Waals surface area contributed by atoms with Crippen LogP contribution in [0.25, 0.3) is 0 Å². The predicted octanol–water partition coefficient (Wildman–Crippen LogP) is 5.96. The fourth-order valence-corrected chi connectivity index (χ4v) is 6.83. The molecule has 144 valence electrons. The van der Waals surface area contributed by atoms with E-state index in [1.54, 1.807) is 0 Å². The highest BCUT2D eigenvalue weighted by Crippen LogP contribution is 2.66. The molecule has 4 heteroatoms. The summed E-state index contributed by atoms with van der Waals surface area (Å²) < 4.78 is 39.9. The van der Waals surface area contributed by atoms with Crippen LogP contribution in [0.15, 0.2) is 35.5 Å². The highest BCUT2D eigenvalue weighted by molar-refractivity contribution is 5.42. The van der Waals surface area contributed by atoms with E-state index >= 15 is 0 Å². The first kappa shape index (κ1) is 18.3. The molecule has 4 aliphatic carbocycles. The molecule has 26 heavy (non-hydrogen) atoms. The van der Waals surface area contributed by atoms with Gasteiger partial charge in [0.05, 0.1) is 11.7 Å². The molecule has 0 aromatic carbocycles. The number of allylic oxidation sites excluding steroid dienone is 4. The quantitative estimate of drug-likeness (QED) is 0.567. The van der Waals surface area contributed by atoms with Gasteiger partial charge in [0.1, 0.15) is 0 Å². The number of hydrogen-bond acceptors (Lipinski definition) is 1. The molecule has 0 aromatic heterocycles. The minimum atomic E-state index is -4.34. The van der Waals surface area contributed by atoms with Crippen molar-refractivity contribution in [2.45, 2.75) is 71.1 Å². The van der Waals surface area contributed by atoms with E-state index in [9.17, 15) is 18.3 Å². The fourth-order valence-electron chi connectivity index (χ4n) is 6.83. The normalized spacial score (nSPS) is 45.2. The Hall–Kier alpha value is -1.03. The molecule has 0 saturated heterocycles. The largest absolute Gasteiger partial charge is 0.416 e. The molecule has 6 atom stereocenters. The first-order valence-electron chi connectivity index (χ1n) is 9.92. The lowest BCUT2D eigenvalue weighted by molar-refractivity contribution is -0.0929. The highest BCUT2D eigenvalue weighted by Gasteiger charge is 2.58. The Morgan fingerprint density at radius 3 is 2.46 bits per heavy atom. The van der Waals surface area contributed by atoms with E-state index in [1.165, 1.54) is 5.57 Å². The van der Waals surface area contributed by atoms with E-state index in [-0.39, 0.29) is 17.4 Å². The van der Waals surface area contributed by atoms with Gasteiger partial charge in [0.15, 0.2) is 0 Å². The third-order valence-electron chi connectivity index (χ3n) is 8.33. The van der Waals surface area contributed by atoms with E-state index in [2.05, 4.69) is 19.6 Å². The van der Waals surface area contributed by atoms with Crippen molar-refractivity contribution in [2.75, 3.05) is 0 Å². The summed E-state index contributed by atoms with van der Waals surface area (Å²) in [6.45, 7) is 7.78. The molecule has 1 N–H and O–H groups in total. The van der Waals surface area contributed by atoms with Gasteiger partial charge in [-0.25, -0.2) is 0 Å². The van der Waals surface area contributed by atoms with Crippen LogP contribution in [0.2, 0.25) is 0 Å². The maximum absolute atomic E-state index is 13.3. The summed E-state index contributed by atoms with van der Waals surface area (Å²) in [5.74, 6) is 1.24. The van der Waals surface area contributed by atoms with Crippen LogP contribution in [0.3, 0.4) is 0 Å². The summed E-state index contributed by atoms with van der Waals surface area (Å²) in [5.41, 5.74) is 0.927. The van der Waals surface area contributed by atoms with Crippen LogP contribution in [0.1, 0.15) is 58.8 Å². The van der Waals surface area contributed by atoms with E-state index < -0.39 is 17.2 Å². The van der Waals surface area contributed by atoms with Crippen molar-refractivity contribution in [3.8, 4) is 0 Å². The van der Waals surface area contributed by atoms with E-state index in [4.69, 9.17) is 0 Å². The zero-order valence-electron chi connectivity index (χ0n) is 15.7. The molecule has 0 aromatic rings. The van der Waals surface area contributed by atoms with Crippen LogP contribution in [-0.2, 0) is 0 Å². The maximum atomic E-state index is 13.3. The molecule has 0 heterocycles. The first-order chi connectivity index (χ1) is 12.1. The van der Waals surface area contributed by atoms with Crippen molar-refractivity contribution in [1.82, 2.24) is 0 Å². The van der Waals surface area contributed by atoms with Crippen molar-refractivity contribution in [1.29, 1.82) is 0 Å². The minimum absolute atomic E-state index is 0.118.